The van der Waals surface area contributed by atoms with Crippen LogP contribution < -0.4 is 5.43 Å². The summed E-state index contributed by atoms with van der Waals surface area (Å²) in [7, 11) is 0. The number of nitrogens with zero attached hydrogens (tertiary/aromatic N) is 1. The summed E-state index contributed by atoms with van der Waals surface area (Å²) in [5.41, 5.74) is 4.56. The Morgan fingerprint density at radius 3 is 2.29 bits per heavy atom. The van der Waals surface area contributed by atoms with Gasteiger partial charge in [0.05, 0.1) is 11.9 Å². The number of nitrogens with one attached hydrogen (secondary N) is 1. The molecule has 1 N–H and O–H groups in total. The third-order valence-electron chi connectivity index (χ3n) is 2.12. The lowest BCUT2D eigenvalue weighted by atomic mass is 10.2. The Morgan fingerprint density at radius 1 is 1.00 bits per heavy atom. The molecule has 2 aromatic rings. The van der Waals surface area contributed by atoms with Crippen molar-refractivity contribution in [3.63, 3.8) is 0 Å². The lowest BCUT2D eigenvalue weighted by molar-refractivity contribution is 0.628. The molecule has 0 bridgehead atoms. The molecule has 0 atom stereocenters. The van der Waals surface area contributed by atoms with E-state index in [4.69, 9.17) is 0 Å². The van der Waals surface area contributed by atoms with Gasteiger partial charge < -0.3 is 0 Å². The maximum absolute atomic E-state index is 12.6. The molecular formula is C13H10BrFN2. The van der Waals surface area contributed by atoms with Crippen LogP contribution in [-0.2, 0) is 0 Å². The van der Waals surface area contributed by atoms with E-state index < -0.39 is 0 Å². The van der Waals surface area contributed by atoms with Gasteiger partial charge in [0.15, 0.2) is 0 Å². The first-order chi connectivity index (χ1) is 8.24. The molecule has 0 fully saturated rings. The minimum Gasteiger partial charge on any atom is -0.279 e. The van der Waals surface area contributed by atoms with Crippen molar-refractivity contribution in [2.24, 2.45) is 5.10 Å². The van der Waals surface area contributed by atoms with E-state index in [1.165, 1.54) is 12.1 Å². The molecule has 0 amide bonds. The van der Waals surface area contributed by atoms with Crippen LogP contribution in [-0.4, -0.2) is 6.21 Å². The van der Waals surface area contributed by atoms with Gasteiger partial charge >= 0.3 is 0 Å². The molecule has 0 saturated heterocycles. The first-order valence-electron chi connectivity index (χ1n) is 5.04. The van der Waals surface area contributed by atoms with Crippen LogP contribution in [0.3, 0.4) is 0 Å². The molecule has 4 heteroatoms. The van der Waals surface area contributed by atoms with Crippen molar-refractivity contribution in [2.45, 2.75) is 0 Å². The van der Waals surface area contributed by atoms with Gasteiger partial charge in [-0.2, -0.15) is 5.10 Å². The monoisotopic (exact) mass is 292 g/mol. The Kier molecular flexibility index (Phi) is 3.88. The molecule has 0 aliphatic rings. The van der Waals surface area contributed by atoms with Gasteiger partial charge in [0.25, 0.3) is 0 Å². The summed E-state index contributed by atoms with van der Waals surface area (Å²) in [6, 6.07) is 13.8. The zero-order chi connectivity index (χ0) is 12.1. The van der Waals surface area contributed by atoms with Crippen LogP contribution >= 0.6 is 15.9 Å². The lowest BCUT2D eigenvalue weighted by Gasteiger charge is -1.99. The molecule has 0 saturated carbocycles. The molecule has 2 nitrogen and oxygen atoms in total. The molecule has 0 aromatic heterocycles. The zero-order valence-electron chi connectivity index (χ0n) is 8.90. The van der Waals surface area contributed by atoms with Crippen LogP contribution in [0.15, 0.2) is 58.1 Å². The molecule has 0 heterocycles. The van der Waals surface area contributed by atoms with Crippen molar-refractivity contribution in [2.75, 3.05) is 5.43 Å². The SMILES string of the molecule is Fc1ccc(N/N=C\c2ccc(Br)cc2)cc1. The topological polar surface area (TPSA) is 24.4 Å². The summed E-state index contributed by atoms with van der Waals surface area (Å²) in [5, 5.41) is 4.06. The lowest BCUT2D eigenvalue weighted by Crippen LogP contribution is -1.90. The highest BCUT2D eigenvalue weighted by atomic mass is 79.9. The van der Waals surface area contributed by atoms with E-state index in [0.29, 0.717) is 0 Å². The Morgan fingerprint density at radius 2 is 1.65 bits per heavy atom. The van der Waals surface area contributed by atoms with Crippen molar-refractivity contribution in [1.82, 2.24) is 0 Å². The quantitative estimate of drug-likeness (QED) is 0.670. The summed E-state index contributed by atoms with van der Waals surface area (Å²) < 4.78 is 13.7. The predicted molar refractivity (Wildman–Crippen MR) is 71.8 cm³/mol. The highest BCUT2D eigenvalue weighted by molar-refractivity contribution is 9.10. The number of hydrogen-bond donors (Lipinski definition) is 1. The predicted octanol–water partition coefficient (Wildman–Crippen LogP) is 4.03. The first kappa shape index (κ1) is 11.8. The van der Waals surface area contributed by atoms with Crippen LogP contribution in [0.2, 0.25) is 0 Å². The van der Waals surface area contributed by atoms with Crippen LogP contribution in [0.5, 0.6) is 0 Å². The standard InChI is InChI=1S/C13H10BrFN2/c14-11-3-1-10(2-4-11)9-16-17-13-7-5-12(15)6-8-13/h1-9,17H/b16-9-. The van der Waals surface area contributed by atoms with Gasteiger partial charge in [0.1, 0.15) is 5.82 Å². The van der Waals surface area contributed by atoms with E-state index in [1.54, 1.807) is 18.3 Å². The summed E-state index contributed by atoms with van der Waals surface area (Å²) in [5.74, 6) is -0.257. The second-order valence-electron chi connectivity index (χ2n) is 3.43. The zero-order valence-corrected chi connectivity index (χ0v) is 10.5. The van der Waals surface area contributed by atoms with Gasteiger partial charge in [0.2, 0.25) is 0 Å². The van der Waals surface area contributed by atoms with Crippen molar-refractivity contribution in [3.05, 3.63) is 64.4 Å². The third-order valence-corrected chi connectivity index (χ3v) is 2.65. The van der Waals surface area contributed by atoms with E-state index in [1.807, 2.05) is 24.3 Å². The van der Waals surface area contributed by atoms with Crippen molar-refractivity contribution in [3.8, 4) is 0 Å². The smallest absolute Gasteiger partial charge is 0.123 e. The van der Waals surface area contributed by atoms with Gasteiger partial charge in [-0.1, -0.05) is 28.1 Å². The van der Waals surface area contributed by atoms with E-state index in [0.717, 1.165) is 15.7 Å². The average Bonchev–Trinajstić information content (AvgIpc) is 2.34. The highest BCUT2D eigenvalue weighted by Crippen LogP contribution is 2.10. The van der Waals surface area contributed by atoms with Gasteiger partial charge in [-0.25, -0.2) is 4.39 Å². The van der Waals surface area contributed by atoms with Crippen molar-refractivity contribution in [1.29, 1.82) is 0 Å². The molecule has 2 aromatic carbocycles. The third kappa shape index (κ3) is 3.67. The molecule has 0 radical (unpaired) electrons. The maximum Gasteiger partial charge on any atom is 0.123 e. The van der Waals surface area contributed by atoms with E-state index >= 15 is 0 Å². The number of rotatable bonds is 3. The minimum atomic E-state index is -0.257. The van der Waals surface area contributed by atoms with Gasteiger partial charge in [-0.05, 0) is 42.0 Å². The summed E-state index contributed by atoms with van der Waals surface area (Å²) in [6.45, 7) is 0. The minimum absolute atomic E-state index is 0.257. The van der Waals surface area contributed by atoms with Crippen molar-refractivity contribution >= 4 is 27.8 Å². The van der Waals surface area contributed by atoms with Crippen LogP contribution in [0.1, 0.15) is 5.56 Å². The second kappa shape index (κ2) is 5.59. The number of halogens is 2. The van der Waals surface area contributed by atoms with E-state index in [9.17, 15) is 4.39 Å². The Hall–Kier alpha value is -1.68. The van der Waals surface area contributed by atoms with Gasteiger partial charge in [0, 0.05) is 4.47 Å². The molecule has 0 spiro atoms. The van der Waals surface area contributed by atoms with Crippen LogP contribution in [0.4, 0.5) is 10.1 Å². The molecule has 86 valence electrons. The second-order valence-corrected chi connectivity index (χ2v) is 4.34. The summed E-state index contributed by atoms with van der Waals surface area (Å²) >= 11 is 3.36. The fraction of sp³-hybridized carbons (Fsp3) is 0. The molecular weight excluding hydrogens is 283 g/mol. The number of hydrogen-bond acceptors (Lipinski definition) is 2. The number of anilines is 1. The molecule has 17 heavy (non-hydrogen) atoms. The van der Waals surface area contributed by atoms with Crippen LogP contribution in [0.25, 0.3) is 0 Å². The van der Waals surface area contributed by atoms with E-state index in [2.05, 4.69) is 26.5 Å². The summed E-state index contributed by atoms with van der Waals surface area (Å²) in [6.07, 6.45) is 1.70. The fourth-order valence-corrected chi connectivity index (χ4v) is 1.52. The Balaban J connectivity index is 1.97. The molecule has 0 aliphatic heterocycles. The first-order valence-corrected chi connectivity index (χ1v) is 5.83. The number of benzene rings is 2. The van der Waals surface area contributed by atoms with E-state index in [-0.39, 0.29) is 5.82 Å². The van der Waals surface area contributed by atoms with Crippen LogP contribution in [0, 0.1) is 5.82 Å². The maximum atomic E-state index is 12.6. The van der Waals surface area contributed by atoms with Gasteiger partial charge in [-0.3, -0.25) is 5.43 Å². The normalized spacial score (nSPS) is 10.7. The van der Waals surface area contributed by atoms with Crippen molar-refractivity contribution < 1.29 is 4.39 Å². The Labute approximate surface area is 107 Å². The summed E-state index contributed by atoms with van der Waals surface area (Å²) in [4.78, 5) is 0. The Bertz CT molecular complexity index is 506. The average molecular weight is 293 g/mol. The fourth-order valence-electron chi connectivity index (χ4n) is 1.25. The molecule has 2 rings (SSSR count). The highest BCUT2D eigenvalue weighted by Gasteiger charge is 1.91. The number of hydrazone groups is 1. The largest absolute Gasteiger partial charge is 0.279 e. The van der Waals surface area contributed by atoms with Gasteiger partial charge in [-0.15, -0.1) is 0 Å². The molecule has 0 unspecified atom stereocenters. The molecule has 0 aliphatic carbocycles.